The van der Waals surface area contributed by atoms with Crippen LogP contribution in [-0.2, 0) is 5.41 Å². The van der Waals surface area contributed by atoms with Crippen LogP contribution < -0.4 is 0 Å². The third-order valence-corrected chi connectivity index (χ3v) is 24.6. The maximum absolute atomic E-state index is 5.30. The number of hydrogen-bond acceptors (Lipinski definition) is 5. The van der Waals surface area contributed by atoms with Gasteiger partial charge in [-0.05, 0) is 172 Å². The first-order valence-corrected chi connectivity index (χ1v) is 41.3. The summed E-state index contributed by atoms with van der Waals surface area (Å²) in [5.74, 6) is 1.42. The van der Waals surface area contributed by atoms with Crippen molar-refractivity contribution in [2.45, 2.75) is 19.3 Å². The third-order valence-electron chi connectivity index (χ3n) is 24.6. The number of pyridine rings is 1. The average Bonchev–Trinajstić information content (AvgIpc) is 1.59. The van der Waals surface area contributed by atoms with Crippen LogP contribution in [0.25, 0.3) is 211 Å². The minimum absolute atomic E-state index is 0.122. The predicted molar refractivity (Wildman–Crippen MR) is 500 cm³/mol. The van der Waals surface area contributed by atoms with Gasteiger partial charge in [0.25, 0.3) is 0 Å². The molecule has 7 aromatic heterocycles. The van der Waals surface area contributed by atoms with E-state index in [1.807, 2.05) is 54.9 Å². The van der Waals surface area contributed by atoms with Gasteiger partial charge in [-0.2, -0.15) is 0 Å². The molecular weight excluding hydrogens is 1470 g/mol. The number of nitrogens with zero attached hydrogens (tertiary/aromatic N) is 9. The van der Waals surface area contributed by atoms with Crippen LogP contribution >= 0.6 is 0 Å². The molecule has 1 aliphatic carbocycles. The highest BCUT2D eigenvalue weighted by molar-refractivity contribution is 6.19. The zero-order chi connectivity index (χ0) is 80.2. The topological polar surface area (TPSA) is 84.2 Å². The van der Waals surface area contributed by atoms with Crippen LogP contribution in [0, 0.1) is 0 Å². The van der Waals surface area contributed by atoms with Gasteiger partial charge in [0.15, 0.2) is 11.6 Å². The lowest BCUT2D eigenvalue weighted by molar-refractivity contribution is 0.660. The molecule has 0 radical (unpaired) electrons. The normalized spacial score (nSPS) is 12.3. The Hall–Kier alpha value is -16.0. The Morgan fingerprint density at radius 2 is 0.545 bits per heavy atom. The summed E-state index contributed by atoms with van der Waals surface area (Å²) in [4.78, 5) is 25.2. The Morgan fingerprint density at radius 1 is 0.207 bits per heavy atom. The van der Waals surface area contributed by atoms with Crippen LogP contribution in [0.15, 0.2) is 419 Å². The number of fused-ring (bicyclic) bond motifs is 15. The molecule has 0 saturated heterocycles. The molecule has 0 fully saturated rings. The summed E-state index contributed by atoms with van der Waals surface area (Å²) in [6, 6.07) is 145. The summed E-state index contributed by atoms with van der Waals surface area (Å²) in [5, 5.41) is 9.80. The summed E-state index contributed by atoms with van der Waals surface area (Å²) in [5.41, 5.74) is 33.4. The Morgan fingerprint density at radius 3 is 1.05 bits per heavy atom. The molecule has 7 heterocycles. The van der Waals surface area contributed by atoms with Gasteiger partial charge < -0.3 is 18.3 Å². The average molecular weight is 1550 g/mol. The van der Waals surface area contributed by atoms with Crippen molar-refractivity contribution in [3.8, 4) is 124 Å². The van der Waals surface area contributed by atoms with Gasteiger partial charge in [0, 0.05) is 111 Å². The van der Waals surface area contributed by atoms with Gasteiger partial charge in [0.2, 0.25) is 0 Å². The van der Waals surface area contributed by atoms with E-state index in [0.717, 1.165) is 101 Å². The highest BCUT2D eigenvalue weighted by atomic mass is 15.0. The number of aromatic nitrogens is 9. The van der Waals surface area contributed by atoms with Gasteiger partial charge in [-0.1, -0.05) is 293 Å². The fraction of sp³-hybridized carbons (Fsp3) is 0.0268. The third kappa shape index (κ3) is 11.9. The molecule has 0 atom stereocenters. The van der Waals surface area contributed by atoms with Crippen molar-refractivity contribution in [3.05, 3.63) is 430 Å². The molecule has 1 aliphatic rings. The van der Waals surface area contributed by atoms with E-state index in [9.17, 15) is 0 Å². The lowest BCUT2D eigenvalue weighted by Crippen LogP contribution is -2.15. The largest absolute Gasteiger partial charge is 0.309 e. The van der Waals surface area contributed by atoms with Crippen molar-refractivity contribution in [2.24, 2.45) is 0 Å². The van der Waals surface area contributed by atoms with Gasteiger partial charge in [-0.3, -0.25) is 4.98 Å². The molecule has 0 unspecified atom stereocenters. The number of para-hydroxylation sites is 5. The van der Waals surface area contributed by atoms with E-state index in [1.54, 1.807) is 0 Å². The quantitative estimate of drug-likeness (QED) is 0.122. The second-order valence-corrected chi connectivity index (χ2v) is 31.9. The summed E-state index contributed by atoms with van der Waals surface area (Å²) < 4.78 is 9.48. The standard InChI is InChI=1S/C61H42N4.C51H33N5/c1-61(2)51-24-12-9-20-46(51)47-34-30-42(37-52(47)61)60-62-53(39-16-5-3-6-17-39)38-54(63-60)40-28-32-44(33-29-40)65-56-26-14-11-22-49(56)59-45(23-15-27-58(59)65)41-31-35-57-50(36-41)48-21-10-13-25-55(48)64(57)43-18-7-4-8-19-43;1-4-13-34(14-5-1)44-32-45(54-51(53-44)36-15-6-2-7-16-36)35-23-26-39(27-24-35)56-48-22-12-20-40(50(48)42-29-30-52-33-49(42)56)37-25-28-47-43(31-37)41-19-10-11-21-46(41)55(47)38-17-8-3-9-18-38/h3-38H,1-2H3;1-33H. The van der Waals surface area contributed by atoms with Crippen molar-refractivity contribution in [1.29, 1.82) is 0 Å². The van der Waals surface area contributed by atoms with Gasteiger partial charge in [-0.25, -0.2) is 19.9 Å². The summed E-state index contributed by atoms with van der Waals surface area (Å²) in [6.07, 6.45) is 3.87. The zero-order valence-corrected chi connectivity index (χ0v) is 66.4. The predicted octanol–water partition coefficient (Wildman–Crippen LogP) is 28.4. The molecule has 0 N–H and O–H groups in total. The molecule has 0 aliphatic heterocycles. The summed E-state index contributed by atoms with van der Waals surface area (Å²) in [7, 11) is 0. The van der Waals surface area contributed by atoms with Crippen LogP contribution in [0.3, 0.4) is 0 Å². The van der Waals surface area contributed by atoms with Gasteiger partial charge in [-0.15, -0.1) is 0 Å². The molecule has 23 aromatic rings. The molecule has 0 bridgehead atoms. The van der Waals surface area contributed by atoms with Crippen LogP contribution in [0.5, 0.6) is 0 Å². The SMILES string of the molecule is CC1(C)c2ccccc2-c2ccc(-c3nc(-c4ccccc4)cc(-c4ccc(-n5c6ccccc6c6c(-c7ccc8c(c7)c7ccccc7n8-c7ccccc7)cccc65)cc4)n3)cc21.c1ccc(-c2cc(-c3ccc(-n4c5cnccc5c5c(-c6ccc7c(c6)c6ccccc6n7-c6ccccc6)cccc54)cc3)nc(-c3ccccc3)n2)cc1. The van der Waals surface area contributed by atoms with E-state index in [0.29, 0.717) is 5.82 Å². The van der Waals surface area contributed by atoms with Crippen molar-refractivity contribution in [3.63, 3.8) is 0 Å². The van der Waals surface area contributed by atoms with Crippen molar-refractivity contribution < 1.29 is 0 Å². The molecule has 16 aromatic carbocycles. The number of hydrogen-bond donors (Lipinski definition) is 0. The Labute approximate surface area is 699 Å². The molecule has 121 heavy (non-hydrogen) atoms. The number of benzene rings is 16. The molecule has 0 amide bonds. The second kappa shape index (κ2) is 28.7. The molecule has 568 valence electrons. The van der Waals surface area contributed by atoms with Crippen LogP contribution in [-0.4, -0.2) is 43.2 Å². The Balaban J connectivity index is 0.000000142. The molecule has 0 saturated carbocycles. The Bertz CT molecular complexity index is 7940. The van der Waals surface area contributed by atoms with Crippen molar-refractivity contribution in [1.82, 2.24) is 43.2 Å². The minimum Gasteiger partial charge on any atom is -0.309 e. The maximum atomic E-state index is 5.30. The van der Waals surface area contributed by atoms with E-state index in [2.05, 4.69) is 401 Å². The molecule has 9 nitrogen and oxygen atoms in total. The van der Waals surface area contributed by atoms with Crippen molar-refractivity contribution in [2.75, 3.05) is 0 Å². The van der Waals surface area contributed by atoms with Gasteiger partial charge in [0.05, 0.1) is 73.1 Å². The summed E-state index contributed by atoms with van der Waals surface area (Å²) >= 11 is 0. The summed E-state index contributed by atoms with van der Waals surface area (Å²) in [6.45, 7) is 4.64. The van der Waals surface area contributed by atoms with E-state index in [-0.39, 0.29) is 5.41 Å². The zero-order valence-electron chi connectivity index (χ0n) is 66.4. The number of rotatable bonds is 12. The lowest BCUT2D eigenvalue weighted by atomic mass is 9.82. The molecule has 9 heteroatoms. The Kier molecular flexibility index (Phi) is 16.7. The van der Waals surface area contributed by atoms with Gasteiger partial charge in [0.1, 0.15) is 0 Å². The fourth-order valence-corrected chi connectivity index (χ4v) is 18.9. The van der Waals surface area contributed by atoms with Crippen LogP contribution in [0.1, 0.15) is 25.0 Å². The lowest BCUT2D eigenvalue weighted by Gasteiger charge is -2.21. The van der Waals surface area contributed by atoms with Crippen molar-refractivity contribution >= 4 is 87.2 Å². The van der Waals surface area contributed by atoms with Crippen LogP contribution in [0.2, 0.25) is 0 Å². The fourth-order valence-electron chi connectivity index (χ4n) is 18.9. The minimum atomic E-state index is -0.122. The van der Waals surface area contributed by atoms with E-state index in [4.69, 9.17) is 19.9 Å². The van der Waals surface area contributed by atoms with Crippen LogP contribution in [0.4, 0.5) is 0 Å². The molecule has 24 rings (SSSR count). The first-order chi connectivity index (χ1) is 59.8. The first-order valence-electron chi connectivity index (χ1n) is 41.3. The maximum Gasteiger partial charge on any atom is 0.160 e. The first kappa shape index (κ1) is 70.4. The van der Waals surface area contributed by atoms with E-state index < -0.39 is 0 Å². The monoisotopic (exact) mass is 1550 g/mol. The highest BCUT2D eigenvalue weighted by Crippen LogP contribution is 2.51. The highest BCUT2D eigenvalue weighted by Gasteiger charge is 2.36. The smallest absolute Gasteiger partial charge is 0.160 e. The second-order valence-electron chi connectivity index (χ2n) is 31.9. The molecule has 0 spiro atoms. The van der Waals surface area contributed by atoms with E-state index in [1.165, 1.54) is 115 Å². The van der Waals surface area contributed by atoms with E-state index >= 15 is 0 Å². The molecular formula is C112H75N9. The van der Waals surface area contributed by atoms with Gasteiger partial charge >= 0.3 is 0 Å².